The molecule has 2 aromatic carbocycles. The summed E-state index contributed by atoms with van der Waals surface area (Å²) in [6.07, 6.45) is 7.76. The number of aryl methyl sites for hydroxylation is 1. The summed E-state index contributed by atoms with van der Waals surface area (Å²) in [6, 6.07) is 21.2. The number of benzene rings is 2. The van der Waals surface area contributed by atoms with E-state index in [1.54, 1.807) is 0 Å². The fraction of sp³-hybridized carbons (Fsp3) is 0.562. The topological polar surface area (TPSA) is 47.1 Å². The van der Waals surface area contributed by atoms with Crippen LogP contribution >= 0.6 is 0 Å². The number of unbranched alkanes of at least 4 members (excludes halogenated alkanes) is 1. The number of hydrogen-bond acceptors (Lipinski definition) is 4. The van der Waals surface area contributed by atoms with E-state index >= 15 is 0 Å². The van der Waals surface area contributed by atoms with Gasteiger partial charge in [-0.1, -0.05) is 60.7 Å². The van der Waals surface area contributed by atoms with E-state index in [1.807, 2.05) is 4.90 Å². The van der Waals surface area contributed by atoms with Crippen molar-refractivity contribution >= 4 is 11.8 Å². The van der Waals surface area contributed by atoms with Crippen LogP contribution in [0, 0.1) is 0 Å². The molecule has 0 saturated carbocycles. The van der Waals surface area contributed by atoms with Gasteiger partial charge >= 0.3 is 0 Å². The van der Waals surface area contributed by atoms with Crippen molar-refractivity contribution in [2.45, 2.75) is 75.5 Å². The van der Waals surface area contributed by atoms with E-state index in [2.05, 4.69) is 75.4 Å². The molecule has 0 radical (unpaired) electrons. The zero-order chi connectivity index (χ0) is 26.0. The van der Waals surface area contributed by atoms with Gasteiger partial charge in [0.05, 0.1) is 0 Å². The minimum atomic E-state index is -0.647. The van der Waals surface area contributed by atoms with Gasteiger partial charge in [0.25, 0.3) is 0 Å². The second-order valence-corrected chi connectivity index (χ2v) is 11.8. The van der Waals surface area contributed by atoms with E-state index < -0.39 is 5.54 Å². The van der Waals surface area contributed by atoms with Gasteiger partial charge in [-0.25, -0.2) is 0 Å². The molecule has 1 spiro atoms. The van der Waals surface area contributed by atoms with Crippen molar-refractivity contribution in [1.29, 1.82) is 0 Å². The molecule has 4 saturated heterocycles. The SMILES string of the molecule is O=C1C2CCCN2C(=O)C2(CCN(CCCCc3ccccc3)CC2)N1C1CCN(Cc2ccccc2)C1. The number of carbonyl (C=O) groups is 2. The normalized spacial score (nSPS) is 25.9. The first-order chi connectivity index (χ1) is 18.6. The predicted molar refractivity (Wildman–Crippen MR) is 149 cm³/mol. The number of nitrogens with zero attached hydrogens (tertiary/aromatic N) is 4. The first-order valence-corrected chi connectivity index (χ1v) is 14.8. The molecule has 2 atom stereocenters. The van der Waals surface area contributed by atoms with E-state index in [0.717, 1.165) is 84.3 Å². The number of amides is 2. The van der Waals surface area contributed by atoms with Crippen LogP contribution in [0.15, 0.2) is 60.7 Å². The highest BCUT2D eigenvalue weighted by Crippen LogP contribution is 2.42. The lowest BCUT2D eigenvalue weighted by molar-refractivity contribution is -0.176. The van der Waals surface area contributed by atoms with Crippen molar-refractivity contribution in [1.82, 2.24) is 19.6 Å². The van der Waals surface area contributed by atoms with Gasteiger partial charge in [-0.2, -0.15) is 0 Å². The Kier molecular flexibility index (Phi) is 7.53. The van der Waals surface area contributed by atoms with Crippen LogP contribution in [0.5, 0.6) is 0 Å². The van der Waals surface area contributed by atoms with Gasteiger partial charge in [0.15, 0.2) is 0 Å². The lowest BCUT2D eigenvalue weighted by atomic mass is 9.79. The van der Waals surface area contributed by atoms with Gasteiger partial charge < -0.3 is 14.7 Å². The van der Waals surface area contributed by atoms with Crippen LogP contribution in [-0.4, -0.2) is 88.3 Å². The zero-order valence-corrected chi connectivity index (χ0v) is 22.6. The minimum absolute atomic E-state index is 0.135. The molecule has 4 aliphatic heterocycles. The Morgan fingerprint density at radius 1 is 0.763 bits per heavy atom. The highest BCUT2D eigenvalue weighted by molar-refractivity contribution is 6.00. The summed E-state index contributed by atoms with van der Waals surface area (Å²) in [5, 5.41) is 0. The summed E-state index contributed by atoms with van der Waals surface area (Å²) in [6.45, 7) is 6.39. The molecule has 4 aliphatic rings. The molecular formula is C32H42N4O2. The molecule has 4 heterocycles. The summed E-state index contributed by atoms with van der Waals surface area (Å²) in [5.41, 5.74) is 2.07. The van der Waals surface area contributed by atoms with E-state index in [9.17, 15) is 9.59 Å². The van der Waals surface area contributed by atoms with E-state index in [-0.39, 0.29) is 23.9 Å². The molecule has 0 N–H and O–H groups in total. The van der Waals surface area contributed by atoms with Crippen molar-refractivity contribution in [3.05, 3.63) is 71.8 Å². The fourth-order valence-corrected chi connectivity index (χ4v) is 7.46. The second kappa shape index (κ2) is 11.2. The Labute approximate surface area is 227 Å². The molecule has 6 nitrogen and oxygen atoms in total. The van der Waals surface area contributed by atoms with Gasteiger partial charge in [-0.3, -0.25) is 14.5 Å². The minimum Gasteiger partial charge on any atom is -0.329 e. The number of likely N-dealkylation sites (tertiary alicyclic amines) is 2. The van der Waals surface area contributed by atoms with Crippen molar-refractivity contribution < 1.29 is 9.59 Å². The Morgan fingerprint density at radius 3 is 2.21 bits per heavy atom. The molecule has 0 aliphatic carbocycles. The molecular weight excluding hydrogens is 472 g/mol. The third kappa shape index (κ3) is 5.01. The van der Waals surface area contributed by atoms with Crippen molar-refractivity contribution in [3.63, 3.8) is 0 Å². The van der Waals surface area contributed by atoms with Crippen molar-refractivity contribution in [2.75, 3.05) is 39.3 Å². The van der Waals surface area contributed by atoms with Gasteiger partial charge in [0.1, 0.15) is 11.6 Å². The van der Waals surface area contributed by atoms with E-state index in [4.69, 9.17) is 0 Å². The van der Waals surface area contributed by atoms with Crippen LogP contribution < -0.4 is 0 Å². The number of carbonyl (C=O) groups excluding carboxylic acids is 2. The standard InChI is InChI=1S/C32H42N4O2/c37-30-29-15-9-20-35(29)31(38)32(36(30)28-16-21-34(25-28)24-27-13-5-2-6-14-27)17-22-33(23-18-32)19-8-7-12-26-10-3-1-4-11-26/h1-6,10-11,13-14,28-29H,7-9,12,15-25H2. The fourth-order valence-electron chi connectivity index (χ4n) is 7.46. The summed E-state index contributed by atoms with van der Waals surface area (Å²) < 4.78 is 0. The van der Waals surface area contributed by atoms with Crippen molar-refractivity contribution in [3.8, 4) is 0 Å². The molecule has 2 unspecified atom stereocenters. The summed E-state index contributed by atoms with van der Waals surface area (Å²) in [7, 11) is 0. The van der Waals surface area contributed by atoms with Crippen LogP contribution in [0.2, 0.25) is 0 Å². The lowest BCUT2D eigenvalue weighted by Crippen LogP contribution is -2.74. The highest BCUT2D eigenvalue weighted by atomic mass is 16.2. The van der Waals surface area contributed by atoms with Gasteiger partial charge in [0.2, 0.25) is 11.8 Å². The maximum Gasteiger partial charge on any atom is 0.249 e. The first-order valence-electron chi connectivity index (χ1n) is 14.8. The lowest BCUT2D eigenvalue weighted by Gasteiger charge is -2.55. The Hall–Kier alpha value is -2.70. The van der Waals surface area contributed by atoms with Crippen LogP contribution in [0.25, 0.3) is 0 Å². The predicted octanol–water partition coefficient (Wildman–Crippen LogP) is 3.95. The molecule has 6 rings (SSSR count). The molecule has 2 amide bonds. The first kappa shape index (κ1) is 25.6. The monoisotopic (exact) mass is 514 g/mol. The van der Waals surface area contributed by atoms with Gasteiger partial charge in [0, 0.05) is 45.3 Å². The number of hydrogen-bond donors (Lipinski definition) is 0. The molecule has 202 valence electrons. The van der Waals surface area contributed by atoms with Crippen LogP contribution in [0.1, 0.15) is 56.1 Å². The Balaban J connectivity index is 1.11. The number of piperidine rings is 1. The number of rotatable bonds is 8. The maximum atomic E-state index is 14.1. The number of piperazine rings is 1. The third-order valence-corrected chi connectivity index (χ3v) is 9.47. The van der Waals surface area contributed by atoms with E-state index in [1.165, 1.54) is 24.0 Å². The molecule has 0 aromatic heterocycles. The molecule has 0 bridgehead atoms. The number of fused-ring (bicyclic) bond motifs is 1. The second-order valence-electron chi connectivity index (χ2n) is 11.8. The Morgan fingerprint density at radius 2 is 1.47 bits per heavy atom. The Bertz CT molecular complexity index is 1100. The maximum absolute atomic E-state index is 14.1. The molecule has 38 heavy (non-hydrogen) atoms. The summed E-state index contributed by atoms with van der Waals surface area (Å²) >= 11 is 0. The average molecular weight is 515 g/mol. The summed E-state index contributed by atoms with van der Waals surface area (Å²) in [4.78, 5) is 37.2. The van der Waals surface area contributed by atoms with Crippen LogP contribution in [0.4, 0.5) is 0 Å². The van der Waals surface area contributed by atoms with Gasteiger partial charge in [-0.05, 0) is 69.0 Å². The quantitative estimate of drug-likeness (QED) is 0.501. The van der Waals surface area contributed by atoms with E-state index in [0.29, 0.717) is 0 Å². The third-order valence-electron chi connectivity index (χ3n) is 9.47. The average Bonchev–Trinajstić information content (AvgIpc) is 3.63. The van der Waals surface area contributed by atoms with Gasteiger partial charge in [-0.15, -0.1) is 0 Å². The van der Waals surface area contributed by atoms with Crippen LogP contribution in [0.3, 0.4) is 0 Å². The summed E-state index contributed by atoms with van der Waals surface area (Å²) in [5.74, 6) is 0.467. The largest absolute Gasteiger partial charge is 0.329 e. The van der Waals surface area contributed by atoms with Crippen molar-refractivity contribution in [2.24, 2.45) is 0 Å². The smallest absolute Gasteiger partial charge is 0.249 e. The molecule has 2 aromatic rings. The molecule has 4 fully saturated rings. The zero-order valence-electron chi connectivity index (χ0n) is 22.6. The highest BCUT2D eigenvalue weighted by Gasteiger charge is 2.59. The van der Waals surface area contributed by atoms with Crippen LogP contribution in [-0.2, 0) is 22.6 Å². The molecule has 6 heteroatoms.